The van der Waals surface area contributed by atoms with E-state index in [0.717, 1.165) is 26.1 Å². The Kier molecular flexibility index (Phi) is 3.26. The van der Waals surface area contributed by atoms with E-state index in [1.165, 1.54) is 0 Å². The number of morpholine rings is 1. The first kappa shape index (κ1) is 10.9. The van der Waals surface area contributed by atoms with Gasteiger partial charge in [-0.2, -0.15) is 0 Å². The second kappa shape index (κ2) is 4.49. The summed E-state index contributed by atoms with van der Waals surface area (Å²) in [5, 5.41) is 3.24. The Morgan fingerprint density at radius 3 is 2.93 bits per heavy atom. The Hall–Kier alpha value is -0.610. The first-order valence-corrected chi connectivity index (χ1v) is 5.81. The summed E-state index contributed by atoms with van der Waals surface area (Å²) in [6, 6.07) is 0.231. The molecule has 0 bridgehead atoms. The van der Waals surface area contributed by atoms with Crippen molar-refractivity contribution in [2.24, 2.45) is 5.92 Å². The molecule has 2 saturated heterocycles. The summed E-state index contributed by atoms with van der Waals surface area (Å²) in [5.74, 6) is 0.500. The van der Waals surface area contributed by atoms with Crippen LogP contribution in [0.4, 0.5) is 0 Å². The summed E-state index contributed by atoms with van der Waals surface area (Å²) < 4.78 is 5.52. The number of nitrogens with one attached hydrogen (secondary N) is 1. The molecular weight excluding hydrogens is 192 g/mol. The molecule has 2 aliphatic heterocycles. The van der Waals surface area contributed by atoms with Crippen LogP contribution in [0.1, 0.15) is 20.3 Å². The molecule has 0 aliphatic carbocycles. The van der Waals surface area contributed by atoms with Crippen molar-refractivity contribution in [2.75, 3.05) is 26.2 Å². The SMILES string of the molecule is CC1CN(C(=O)[C@@H]2CCNC2)C(C)CO1. The minimum absolute atomic E-state index is 0.180. The smallest absolute Gasteiger partial charge is 0.227 e. The molecule has 0 radical (unpaired) electrons. The van der Waals surface area contributed by atoms with Crippen molar-refractivity contribution in [1.29, 1.82) is 0 Å². The molecule has 0 aromatic carbocycles. The van der Waals surface area contributed by atoms with Gasteiger partial charge in [0.05, 0.1) is 24.7 Å². The lowest BCUT2D eigenvalue weighted by atomic mass is 10.1. The average Bonchev–Trinajstić information content (AvgIpc) is 2.74. The van der Waals surface area contributed by atoms with E-state index in [2.05, 4.69) is 12.2 Å². The Morgan fingerprint density at radius 1 is 1.47 bits per heavy atom. The number of amides is 1. The molecule has 2 fully saturated rings. The molecule has 2 unspecified atom stereocenters. The molecule has 0 aromatic rings. The monoisotopic (exact) mass is 212 g/mol. The Bertz CT molecular complexity index is 239. The van der Waals surface area contributed by atoms with Crippen molar-refractivity contribution in [3.8, 4) is 0 Å². The van der Waals surface area contributed by atoms with Crippen molar-refractivity contribution >= 4 is 5.91 Å². The quantitative estimate of drug-likeness (QED) is 0.676. The van der Waals surface area contributed by atoms with Gasteiger partial charge in [0.1, 0.15) is 0 Å². The van der Waals surface area contributed by atoms with Crippen LogP contribution in [0.3, 0.4) is 0 Å². The van der Waals surface area contributed by atoms with Gasteiger partial charge in [-0.15, -0.1) is 0 Å². The van der Waals surface area contributed by atoms with E-state index in [9.17, 15) is 4.79 Å². The van der Waals surface area contributed by atoms with E-state index in [4.69, 9.17) is 4.74 Å². The summed E-state index contributed by atoms with van der Waals surface area (Å²) in [6.45, 7) is 7.33. The second-order valence-corrected chi connectivity index (χ2v) is 4.67. The predicted molar refractivity (Wildman–Crippen MR) is 57.6 cm³/mol. The highest BCUT2D eigenvalue weighted by Crippen LogP contribution is 2.18. The minimum atomic E-state index is 0.180. The third-order valence-electron chi connectivity index (χ3n) is 3.30. The van der Waals surface area contributed by atoms with E-state index in [0.29, 0.717) is 12.5 Å². The van der Waals surface area contributed by atoms with Gasteiger partial charge in [-0.3, -0.25) is 4.79 Å². The largest absolute Gasteiger partial charge is 0.375 e. The molecule has 2 aliphatic rings. The maximum Gasteiger partial charge on any atom is 0.227 e. The van der Waals surface area contributed by atoms with Crippen molar-refractivity contribution < 1.29 is 9.53 Å². The zero-order valence-corrected chi connectivity index (χ0v) is 9.53. The van der Waals surface area contributed by atoms with Crippen molar-refractivity contribution in [3.63, 3.8) is 0 Å². The number of hydrogen-bond acceptors (Lipinski definition) is 3. The summed E-state index contributed by atoms with van der Waals surface area (Å²) in [5.41, 5.74) is 0. The van der Waals surface area contributed by atoms with Gasteiger partial charge in [0.2, 0.25) is 5.91 Å². The lowest BCUT2D eigenvalue weighted by Crippen LogP contribution is -2.52. The lowest BCUT2D eigenvalue weighted by molar-refractivity contribution is -0.146. The van der Waals surface area contributed by atoms with E-state index < -0.39 is 0 Å². The van der Waals surface area contributed by atoms with Crippen LogP contribution in [0.2, 0.25) is 0 Å². The molecule has 4 heteroatoms. The number of ether oxygens (including phenoxy) is 1. The van der Waals surface area contributed by atoms with E-state index in [1.807, 2.05) is 11.8 Å². The summed E-state index contributed by atoms with van der Waals surface area (Å²) in [6.07, 6.45) is 1.16. The molecule has 15 heavy (non-hydrogen) atoms. The summed E-state index contributed by atoms with van der Waals surface area (Å²) in [7, 11) is 0. The van der Waals surface area contributed by atoms with Gasteiger partial charge in [0, 0.05) is 13.1 Å². The number of hydrogen-bond donors (Lipinski definition) is 1. The highest BCUT2D eigenvalue weighted by Gasteiger charge is 2.33. The van der Waals surface area contributed by atoms with Crippen LogP contribution in [0.5, 0.6) is 0 Å². The molecule has 2 heterocycles. The normalized spacial score (nSPS) is 36.9. The van der Waals surface area contributed by atoms with Gasteiger partial charge in [0.25, 0.3) is 0 Å². The molecule has 1 amide bonds. The third-order valence-corrected chi connectivity index (χ3v) is 3.30. The van der Waals surface area contributed by atoms with Gasteiger partial charge in [-0.05, 0) is 26.8 Å². The maximum atomic E-state index is 12.2. The lowest BCUT2D eigenvalue weighted by Gasteiger charge is -2.38. The van der Waals surface area contributed by atoms with Crippen LogP contribution >= 0.6 is 0 Å². The van der Waals surface area contributed by atoms with Crippen LogP contribution < -0.4 is 5.32 Å². The third kappa shape index (κ3) is 2.32. The molecule has 0 saturated carbocycles. The van der Waals surface area contributed by atoms with Crippen LogP contribution in [-0.4, -0.2) is 49.2 Å². The van der Waals surface area contributed by atoms with E-state index in [1.54, 1.807) is 0 Å². The molecule has 86 valence electrons. The predicted octanol–water partition coefficient (Wildman–Crippen LogP) is 0.232. The number of carbonyl (C=O) groups excluding carboxylic acids is 1. The molecule has 2 rings (SSSR count). The Labute approximate surface area is 91.0 Å². The summed E-state index contributed by atoms with van der Waals surface area (Å²) in [4.78, 5) is 14.2. The zero-order chi connectivity index (χ0) is 10.8. The Balaban J connectivity index is 1.97. The fourth-order valence-electron chi connectivity index (χ4n) is 2.31. The summed E-state index contributed by atoms with van der Waals surface area (Å²) >= 11 is 0. The van der Waals surface area contributed by atoms with Gasteiger partial charge in [0.15, 0.2) is 0 Å². The highest BCUT2D eigenvalue weighted by molar-refractivity contribution is 5.79. The fraction of sp³-hybridized carbons (Fsp3) is 0.909. The van der Waals surface area contributed by atoms with Gasteiger partial charge in [-0.25, -0.2) is 0 Å². The zero-order valence-electron chi connectivity index (χ0n) is 9.53. The van der Waals surface area contributed by atoms with Crippen molar-refractivity contribution in [1.82, 2.24) is 10.2 Å². The van der Waals surface area contributed by atoms with Gasteiger partial charge < -0.3 is 15.0 Å². The first-order chi connectivity index (χ1) is 7.18. The molecule has 4 nitrogen and oxygen atoms in total. The topological polar surface area (TPSA) is 41.6 Å². The van der Waals surface area contributed by atoms with Gasteiger partial charge >= 0.3 is 0 Å². The van der Waals surface area contributed by atoms with Crippen LogP contribution in [0.25, 0.3) is 0 Å². The average molecular weight is 212 g/mol. The first-order valence-electron chi connectivity index (χ1n) is 5.81. The minimum Gasteiger partial charge on any atom is -0.375 e. The fourth-order valence-corrected chi connectivity index (χ4v) is 2.31. The van der Waals surface area contributed by atoms with Crippen molar-refractivity contribution in [3.05, 3.63) is 0 Å². The van der Waals surface area contributed by atoms with Crippen LogP contribution in [-0.2, 0) is 9.53 Å². The van der Waals surface area contributed by atoms with Crippen LogP contribution in [0, 0.1) is 5.92 Å². The standard InChI is InChI=1S/C11H20N2O2/c1-8-7-15-9(2)6-13(8)11(14)10-3-4-12-5-10/h8-10,12H,3-7H2,1-2H3/t8?,9?,10-/m1/s1. The van der Waals surface area contributed by atoms with E-state index in [-0.39, 0.29) is 18.1 Å². The molecular formula is C11H20N2O2. The van der Waals surface area contributed by atoms with Crippen LogP contribution in [0.15, 0.2) is 0 Å². The Morgan fingerprint density at radius 2 is 2.27 bits per heavy atom. The molecule has 0 aromatic heterocycles. The number of rotatable bonds is 1. The highest BCUT2D eigenvalue weighted by atomic mass is 16.5. The second-order valence-electron chi connectivity index (χ2n) is 4.67. The maximum absolute atomic E-state index is 12.2. The van der Waals surface area contributed by atoms with Gasteiger partial charge in [-0.1, -0.05) is 0 Å². The number of carbonyl (C=O) groups is 1. The van der Waals surface area contributed by atoms with E-state index >= 15 is 0 Å². The molecule has 3 atom stereocenters. The molecule has 1 N–H and O–H groups in total. The van der Waals surface area contributed by atoms with Crippen molar-refractivity contribution in [2.45, 2.75) is 32.4 Å². The number of nitrogens with zero attached hydrogens (tertiary/aromatic N) is 1. The molecule has 0 spiro atoms.